The van der Waals surface area contributed by atoms with Crippen LogP contribution < -0.4 is 9.62 Å². The van der Waals surface area contributed by atoms with Crippen LogP contribution in [0.3, 0.4) is 0 Å². The number of anilines is 2. The van der Waals surface area contributed by atoms with Crippen molar-refractivity contribution >= 4 is 38.3 Å². The number of nitrogens with one attached hydrogen (secondary N) is 2. The van der Waals surface area contributed by atoms with E-state index in [4.69, 9.17) is 0 Å². The molecule has 7 nitrogen and oxygen atoms in total. The number of aromatic amines is 1. The molecule has 1 aliphatic rings. The quantitative estimate of drug-likeness (QED) is 0.509. The van der Waals surface area contributed by atoms with Crippen LogP contribution in [0, 0.1) is 0 Å². The summed E-state index contributed by atoms with van der Waals surface area (Å²) in [7, 11) is -3.30. The Bertz CT molecular complexity index is 1360. The molecule has 2 N–H and O–H groups in total. The minimum absolute atomic E-state index is 0.137. The molecular formula is C23H20N4O3S. The number of H-pyrrole nitrogens is 1. The van der Waals surface area contributed by atoms with Crippen LogP contribution in [0.15, 0.2) is 72.8 Å². The highest BCUT2D eigenvalue weighted by Crippen LogP contribution is 2.26. The van der Waals surface area contributed by atoms with Crippen LogP contribution in [0.4, 0.5) is 11.4 Å². The fraction of sp³-hybridized carbons (Fsp3) is 0.130. The van der Waals surface area contributed by atoms with E-state index in [0.717, 1.165) is 22.4 Å². The lowest BCUT2D eigenvalue weighted by molar-refractivity contribution is 0.102. The number of imidazole rings is 1. The number of benzene rings is 3. The van der Waals surface area contributed by atoms with Gasteiger partial charge in [0.25, 0.3) is 5.91 Å². The Hall–Kier alpha value is -3.65. The van der Waals surface area contributed by atoms with Crippen LogP contribution in [0.5, 0.6) is 0 Å². The van der Waals surface area contributed by atoms with Crippen LogP contribution in [-0.2, 0) is 10.0 Å². The Balaban J connectivity index is 1.39. The maximum Gasteiger partial charge on any atom is 0.255 e. The minimum Gasteiger partial charge on any atom is -0.338 e. The summed E-state index contributed by atoms with van der Waals surface area (Å²) in [5.74, 6) is 0.552. The second-order valence-electron chi connectivity index (χ2n) is 7.43. The third-order valence-corrected chi connectivity index (χ3v) is 7.15. The molecule has 1 aliphatic heterocycles. The van der Waals surface area contributed by atoms with E-state index in [1.165, 1.54) is 4.31 Å². The van der Waals surface area contributed by atoms with Crippen molar-refractivity contribution in [1.82, 2.24) is 9.97 Å². The normalized spacial score (nSPS) is 15.3. The lowest BCUT2D eigenvalue weighted by Crippen LogP contribution is -2.25. The van der Waals surface area contributed by atoms with Crippen molar-refractivity contribution in [2.45, 2.75) is 6.42 Å². The summed E-state index contributed by atoms with van der Waals surface area (Å²) in [5, 5.41) is 2.89. The van der Waals surface area contributed by atoms with E-state index in [1.807, 2.05) is 42.5 Å². The zero-order chi connectivity index (χ0) is 21.4. The maximum absolute atomic E-state index is 12.8. The highest BCUT2D eigenvalue weighted by Gasteiger charge is 2.28. The Kier molecular flexibility index (Phi) is 4.71. The van der Waals surface area contributed by atoms with E-state index >= 15 is 0 Å². The molecule has 0 aliphatic carbocycles. The summed E-state index contributed by atoms with van der Waals surface area (Å²) < 4.78 is 25.7. The summed E-state index contributed by atoms with van der Waals surface area (Å²) in [6.07, 6.45) is 0.591. The smallest absolute Gasteiger partial charge is 0.255 e. The van der Waals surface area contributed by atoms with E-state index < -0.39 is 10.0 Å². The average Bonchev–Trinajstić information content (AvgIpc) is 3.36. The topological polar surface area (TPSA) is 95.2 Å². The van der Waals surface area contributed by atoms with Crippen molar-refractivity contribution < 1.29 is 13.2 Å². The molecule has 1 saturated heterocycles. The van der Waals surface area contributed by atoms with E-state index in [-0.39, 0.29) is 11.7 Å². The first-order chi connectivity index (χ1) is 15.0. The summed E-state index contributed by atoms with van der Waals surface area (Å²) in [4.78, 5) is 20.7. The number of carbonyl (C=O) groups excluding carboxylic acids is 1. The molecule has 31 heavy (non-hydrogen) atoms. The van der Waals surface area contributed by atoms with E-state index in [2.05, 4.69) is 15.3 Å². The van der Waals surface area contributed by atoms with Crippen molar-refractivity contribution in [3.05, 3.63) is 78.4 Å². The molecule has 4 aromatic rings. The molecule has 3 aromatic carbocycles. The number of fused-ring (bicyclic) bond motifs is 1. The molecule has 0 atom stereocenters. The first kappa shape index (κ1) is 19.3. The van der Waals surface area contributed by atoms with Gasteiger partial charge in [0.05, 0.1) is 22.5 Å². The van der Waals surface area contributed by atoms with Crippen LogP contribution in [0.2, 0.25) is 0 Å². The highest BCUT2D eigenvalue weighted by atomic mass is 32.2. The van der Waals surface area contributed by atoms with Gasteiger partial charge in [-0.25, -0.2) is 13.4 Å². The van der Waals surface area contributed by atoms with Crippen molar-refractivity contribution in [1.29, 1.82) is 0 Å². The number of carbonyl (C=O) groups is 1. The van der Waals surface area contributed by atoms with Crippen LogP contribution in [-0.4, -0.2) is 36.6 Å². The van der Waals surface area contributed by atoms with Crippen molar-refractivity contribution in [2.75, 3.05) is 21.9 Å². The number of hydrogen-bond acceptors (Lipinski definition) is 4. The standard InChI is InChI=1S/C23H20N4O3S/c28-23(17-7-4-9-19(15-17)27-12-5-13-31(27,29)30)24-18-8-3-6-16(14-18)22-25-20-10-1-2-11-21(20)26-22/h1-4,6-11,14-15H,5,12-13H2,(H,24,28)(H,25,26). The Labute approximate surface area is 179 Å². The van der Waals surface area contributed by atoms with Crippen LogP contribution >= 0.6 is 0 Å². The van der Waals surface area contributed by atoms with Gasteiger partial charge in [0.15, 0.2) is 0 Å². The third-order valence-electron chi connectivity index (χ3n) is 5.28. The van der Waals surface area contributed by atoms with Crippen LogP contribution in [0.25, 0.3) is 22.4 Å². The van der Waals surface area contributed by atoms with Gasteiger partial charge in [0.1, 0.15) is 5.82 Å². The molecular weight excluding hydrogens is 412 g/mol. The first-order valence-corrected chi connectivity index (χ1v) is 11.6. The molecule has 0 bridgehead atoms. The maximum atomic E-state index is 12.8. The molecule has 1 amide bonds. The van der Waals surface area contributed by atoms with E-state index in [1.54, 1.807) is 30.3 Å². The fourth-order valence-electron chi connectivity index (χ4n) is 3.77. The van der Waals surface area contributed by atoms with Gasteiger partial charge < -0.3 is 10.3 Å². The molecule has 0 radical (unpaired) electrons. The average molecular weight is 433 g/mol. The molecule has 0 unspecified atom stereocenters. The molecule has 1 aromatic heterocycles. The molecule has 5 rings (SSSR count). The second kappa shape index (κ2) is 7.55. The zero-order valence-electron chi connectivity index (χ0n) is 16.6. The van der Waals surface area contributed by atoms with Crippen molar-refractivity contribution in [2.24, 2.45) is 0 Å². The molecule has 8 heteroatoms. The SMILES string of the molecule is O=C(Nc1cccc(-c2nc3ccccc3[nH]2)c1)c1cccc(N2CCCS2(=O)=O)c1. The largest absolute Gasteiger partial charge is 0.338 e. The summed E-state index contributed by atoms with van der Waals surface area (Å²) in [6.45, 7) is 0.437. The predicted octanol–water partition coefficient (Wildman–Crippen LogP) is 4.02. The number of aromatic nitrogens is 2. The number of para-hydroxylation sites is 2. The van der Waals surface area contributed by atoms with Gasteiger partial charge in [-0.2, -0.15) is 0 Å². The first-order valence-electron chi connectivity index (χ1n) is 9.97. The van der Waals surface area contributed by atoms with Gasteiger partial charge in [-0.3, -0.25) is 9.10 Å². The second-order valence-corrected chi connectivity index (χ2v) is 9.44. The zero-order valence-corrected chi connectivity index (χ0v) is 17.4. The fourth-order valence-corrected chi connectivity index (χ4v) is 5.33. The third kappa shape index (κ3) is 3.77. The lowest BCUT2D eigenvalue weighted by atomic mass is 10.1. The van der Waals surface area contributed by atoms with Gasteiger partial charge in [-0.05, 0) is 48.9 Å². The summed E-state index contributed by atoms with van der Waals surface area (Å²) >= 11 is 0. The monoisotopic (exact) mass is 432 g/mol. The summed E-state index contributed by atoms with van der Waals surface area (Å²) in [6, 6.07) is 21.9. The van der Waals surface area contributed by atoms with Gasteiger partial charge >= 0.3 is 0 Å². The molecule has 156 valence electrons. The van der Waals surface area contributed by atoms with E-state index in [9.17, 15) is 13.2 Å². The number of sulfonamides is 1. The molecule has 2 heterocycles. The van der Waals surface area contributed by atoms with Gasteiger partial charge in [-0.1, -0.05) is 30.3 Å². The van der Waals surface area contributed by atoms with Gasteiger partial charge in [0.2, 0.25) is 10.0 Å². The Morgan fingerprint density at radius 2 is 1.84 bits per heavy atom. The predicted molar refractivity (Wildman–Crippen MR) is 122 cm³/mol. The Morgan fingerprint density at radius 1 is 1.00 bits per heavy atom. The number of rotatable bonds is 4. The highest BCUT2D eigenvalue weighted by molar-refractivity contribution is 7.93. The number of amides is 1. The molecule has 0 saturated carbocycles. The molecule has 0 spiro atoms. The number of hydrogen-bond donors (Lipinski definition) is 2. The summed E-state index contributed by atoms with van der Waals surface area (Å²) in [5.41, 5.74) is 4.21. The van der Waals surface area contributed by atoms with Crippen LogP contribution in [0.1, 0.15) is 16.8 Å². The molecule has 1 fully saturated rings. The van der Waals surface area contributed by atoms with Gasteiger partial charge in [-0.15, -0.1) is 0 Å². The Morgan fingerprint density at radius 3 is 2.65 bits per heavy atom. The van der Waals surface area contributed by atoms with Crippen molar-refractivity contribution in [3.8, 4) is 11.4 Å². The minimum atomic E-state index is -3.30. The number of nitrogens with zero attached hydrogens (tertiary/aromatic N) is 2. The van der Waals surface area contributed by atoms with Crippen molar-refractivity contribution in [3.63, 3.8) is 0 Å². The van der Waals surface area contributed by atoms with E-state index in [0.29, 0.717) is 29.9 Å². The lowest BCUT2D eigenvalue weighted by Gasteiger charge is -2.17. The van der Waals surface area contributed by atoms with Gasteiger partial charge in [0, 0.05) is 23.4 Å².